The molecule has 0 aliphatic heterocycles. The van der Waals surface area contributed by atoms with Crippen molar-refractivity contribution in [2.75, 3.05) is 18.9 Å². The van der Waals surface area contributed by atoms with E-state index in [2.05, 4.69) is 4.72 Å². The molecular formula is C16H16N2O4S. The molecule has 2 aromatic rings. The second-order valence-corrected chi connectivity index (χ2v) is 6.39. The van der Waals surface area contributed by atoms with Crippen LogP contribution in [0.3, 0.4) is 0 Å². The molecule has 2 aromatic carbocycles. The van der Waals surface area contributed by atoms with Gasteiger partial charge in [0.1, 0.15) is 11.0 Å². The number of rotatable bonds is 5. The van der Waals surface area contributed by atoms with Gasteiger partial charge in [0.25, 0.3) is 10.0 Å². The first kappa shape index (κ1) is 16.6. The Bertz CT molecular complexity index is 870. The van der Waals surface area contributed by atoms with E-state index in [-0.39, 0.29) is 10.5 Å². The van der Waals surface area contributed by atoms with Gasteiger partial charge < -0.3 is 9.47 Å². The highest BCUT2D eigenvalue weighted by atomic mass is 32.2. The molecule has 0 heterocycles. The summed E-state index contributed by atoms with van der Waals surface area (Å²) in [6, 6.07) is 11.1. The first-order valence-corrected chi connectivity index (χ1v) is 8.16. The van der Waals surface area contributed by atoms with Crippen LogP contribution in [0.15, 0.2) is 41.3 Å². The Kier molecular flexibility index (Phi) is 4.77. The molecule has 6 nitrogen and oxygen atoms in total. The summed E-state index contributed by atoms with van der Waals surface area (Å²) in [5.41, 5.74) is 1.11. The molecular weight excluding hydrogens is 316 g/mol. The molecule has 0 atom stereocenters. The number of sulfonamides is 1. The lowest BCUT2D eigenvalue weighted by atomic mass is 10.2. The van der Waals surface area contributed by atoms with Gasteiger partial charge in [0.2, 0.25) is 0 Å². The molecule has 0 fully saturated rings. The van der Waals surface area contributed by atoms with Gasteiger partial charge in [0.05, 0.1) is 25.5 Å². The molecule has 23 heavy (non-hydrogen) atoms. The number of methoxy groups -OCH3 is 2. The molecule has 0 aliphatic carbocycles. The number of nitriles is 1. The molecule has 120 valence electrons. The summed E-state index contributed by atoms with van der Waals surface area (Å²) < 4.78 is 38.0. The number of hydrogen-bond donors (Lipinski definition) is 1. The maximum Gasteiger partial charge on any atom is 0.263 e. The average molecular weight is 332 g/mol. The van der Waals surface area contributed by atoms with Crippen molar-refractivity contribution in [1.82, 2.24) is 0 Å². The van der Waals surface area contributed by atoms with E-state index in [1.165, 1.54) is 26.4 Å². The molecule has 0 spiro atoms. The van der Waals surface area contributed by atoms with E-state index in [0.29, 0.717) is 22.7 Å². The van der Waals surface area contributed by atoms with Crippen molar-refractivity contribution in [3.8, 4) is 17.6 Å². The molecule has 0 bridgehead atoms. The van der Waals surface area contributed by atoms with Gasteiger partial charge in [-0.2, -0.15) is 5.26 Å². The van der Waals surface area contributed by atoms with Crippen LogP contribution in [-0.2, 0) is 10.0 Å². The van der Waals surface area contributed by atoms with E-state index in [1.54, 1.807) is 31.2 Å². The Morgan fingerprint density at radius 3 is 2.30 bits per heavy atom. The van der Waals surface area contributed by atoms with Crippen LogP contribution in [0, 0.1) is 18.3 Å². The van der Waals surface area contributed by atoms with Crippen LogP contribution in [-0.4, -0.2) is 22.6 Å². The molecule has 1 N–H and O–H groups in total. The zero-order valence-corrected chi connectivity index (χ0v) is 13.8. The first-order chi connectivity index (χ1) is 10.9. The molecule has 0 unspecified atom stereocenters. The van der Waals surface area contributed by atoms with Crippen molar-refractivity contribution >= 4 is 15.7 Å². The normalized spacial score (nSPS) is 10.7. The quantitative estimate of drug-likeness (QED) is 0.909. The molecule has 0 aromatic heterocycles. The Balaban J connectivity index is 2.48. The van der Waals surface area contributed by atoms with Crippen molar-refractivity contribution in [3.05, 3.63) is 47.5 Å². The smallest absolute Gasteiger partial charge is 0.263 e. The zero-order chi connectivity index (χ0) is 17.0. The van der Waals surface area contributed by atoms with Gasteiger partial charge in [-0.1, -0.05) is 12.1 Å². The molecule has 0 saturated carbocycles. The Labute approximate surface area is 135 Å². The Morgan fingerprint density at radius 2 is 1.70 bits per heavy atom. The molecule has 0 saturated heterocycles. The van der Waals surface area contributed by atoms with Crippen molar-refractivity contribution in [2.24, 2.45) is 0 Å². The Morgan fingerprint density at radius 1 is 1.09 bits per heavy atom. The van der Waals surface area contributed by atoms with Crippen molar-refractivity contribution in [3.63, 3.8) is 0 Å². The van der Waals surface area contributed by atoms with Gasteiger partial charge in [-0.15, -0.1) is 0 Å². The highest BCUT2D eigenvalue weighted by molar-refractivity contribution is 7.92. The third-order valence-electron chi connectivity index (χ3n) is 3.27. The molecule has 2 rings (SSSR count). The highest BCUT2D eigenvalue weighted by Crippen LogP contribution is 2.34. The number of nitrogens with one attached hydrogen (secondary N) is 1. The van der Waals surface area contributed by atoms with Crippen molar-refractivity contribution in [2.45, 2.75) is 11.8 Å². The fraction of sp³-hybridized carbons (Fsp3) is 0.188. The predicted octanol–water partition coefficient (Wildman–Crippen LogP) is 2.68. The molecule has 7 heteroatoms. The lowest BCUT2D eigenvalue weighted by molar-refractivity contribution is 0.355. The highest BCUT2D eigenvalue weighted by Gasteiger charge is 2.20. The van der Waals surface area contributed by atoms with Crippen LogP contribution in [0.5, 0.6) is 11.5 Å². The van der Waals surface area contributed by atoms with Crippen molar-refractivity contribution in [1.29, 1.82) is 5.26 Å². The average Bonchev–Trinajstić information content (AvgIpc) is 2.56. The lowest BCUT2D eigenvalue weighted by Gasteiger charge is -2.15. The minimum atomic E-state index is -3.89. The van der Waals surface area contributed by atoms with Crippen LogP contribution in [0.2, 0.25) is 0 Å². The van der Waals surface area contributed by atoms with E-state index < -0.39 is 10.0 Å². The third kappa shape index (κ3) is 3.38. The van der Waals surface area contributed by atoms with E-state index in [1.807, 2.05) is 6.07 Å². The Hall–Kier alpha value is -2.72. The van der Waals surface area contributed by atoms with Crippen molar-refractivity contribution < 1.29 is 17.9 Å². The van der Waals surface area contributed by atoms with Gasteiger partial charge in [-0.25, -0.2) is 8.42 Å². The SMILES string of the molecule is COc1cc(C)c(NS(=O)(=O)c2ccccc2C#N)cc1OC. The summed E-state index contributed by atoms with van der Waals surface area (Å²) in [6.07, 6.45) is 0. The maximum atomic E-state index is 12.6. The van der Waals surface area contributed by atoms with Crippen LogP contribution in [0.1, 0.15) is 11.1 Å². The summed E-state index contributed by atoms with van der Waals surface area (Å²) >= 11 is 0. The fourth-order valence-corrected chi connectivity index (χ4v) is 3.36. The molecule has 0 radical (unpaired) electrons. The number of hydrogen-bond acceptors (Lipinski definition) is 5. The number of ether oxygens (including phenoxy) is 2. The standard InChI is InChI=1S/C16H16N2O4S/c1-11-8-14(21-2)15(22-3)9-13(11)18-23(19,20)16-7-5-4-6-12(16)10-17/h4-9,18H,1-3H3. The van der Waals surface area contributed by atoms with Gasteiger partial charge >= 0.3 is 0 Å². The van der Waals surface area contributed by atoms with E-state index in [9.17, 15) is 8.42 Å². The first-order valence-electron chi connectivity index (χ1n) is 6.67. The van der Waals surface area contributed by atoms with Gasteiger partial charge in [0.15, 0.2) is 11.5 Å². The predicted molar refractivity (Wildman–Crippen MR) is 86.2 cm³/mol. The second-order valence-electron chi connectivity index (χ2n) is 4.74. The maximum absolute atomic E-state index is 12.6. The van der Waals surface area contributed by atoms with Crippen LogP contribution >= 0.6 is 0 Å². The van der Waals surface area contributed by atoms with Gasteiger partial charge in [0, 0.05) is 6.07 Å². The fourth-order valence-electron chi connectivity index (χ4n) is 2.08. The number of aryl methyl sites for hydroxylation is 1. The summed E-state index contributed by atoms with van der Waals surface area (Å²) in [7, 11) is -0.919. The molecule has 0 aliphatic rings. The van der Waals surface area contributed by atoms with Crippen LogP contribution in [0.25, 0.3) is 0 Å². The summed E-state index contributed by atoms with van der Waals surface area (Å²) in [6.45, 7) is 1.75. The summed E-state index contributed by atoms with van der Waals surface area (Å²) in [5, 5.41) is 9.07. The number of nitrogens with zero attached hydrogens (tertiary/aromatic N) is 1. The molecule has 0 amide bonds. The minimum Gasteiger partial charge on any atom is -0.493 e. The summed E-state index contributed by atoms with van der Waals surface area (Å²) in [4.78, 5) is -0.0725. The van der Waals surface area contributed by atoms with E-state index >= 15 is 0 Å². The monoisotopic (exact) mass is 332 g/mol. The van der Waals surface area contributed by atoms with Gasteiger partial charge in [-0.3, -0.25) is 4.72 Å². The van der Waals surface area contributed by atoms with Crippen LogP contribution in [0.4, 0.5) is 5.69 Å². The summed E-state index contributed by atoms with van der Waals surface area (Å²) in [5.74, 6) is 0.912. The largest absolute Gasteiger partial charge is 0.493 e. The zero-order valence-electron chi connectivity index (χ0n) is 13.0. The number of anilines is 1. The van der Waals surface area contributed by atoms with Crippen LogP contribution < -0.4 is 14.2 Å². The van der Waals surface area contributed by atoms with E-state index in [4.69, 9.17) is 14.7 Å². The third-order valence-corrected chi connectivity index (χ3v) is 4.70. The van der Waals surface area contributed by atoms with Gasteiger partial charge in [-0.05, 0) is 30.7 Å². The topological polar surface area (TPSA) is 88.4 Å². The lowest BCUT2D eigenvalue weighted by Crippen LogP contribution is -2.15. The second kappa shape index (κ2) is 6.58. The van der Waals surface area contributed by atoms with E-state index in [0.717, 1.165) is 0 Å². The number of benzene rings is 2. The minimum absolute atomic E-state index is 0.0725.